The number of hydrogen-bond donors (Lipinski definition) is 2. The van der Waals surface area contributed by atoms with Crippen molar-refractivity contribution in [1.82, 2.24) is 10.2 Å². The molecule has 3 amide bonds. The minimum Gasteiger partial charge on any atom is -0.493 e. The Bertz CT molecular complexity index is 1360. The molecule has 0 aromatic heterocycles. The number of amides is 3. The Morgan fingerprint density at radius 1 is 0.976 bits per heavy atom. The molecule has 2 heterocycles. The number of hydrogen-bond acceptors (Lipinski definition) is 6. The number of carbonyl (C=O) groups is 2. The van der Waals surface area contributed by atoms with Crippen LogP contribution in [0.4, 0.5) is 31.1 Å². The zero-order valence-electron chi connectivity index (χ0n) is 21.7. The molecule has 2 N–H and O–H groups in total. The van der Waals surface area contributed by atoms with Crippen LogP contribution in [-0.2, 0) is 28.8 Å². The van der Waals surface area contributed by atoms with Crippen LogP contribution in [0.15, 0.2) is 30.3 Å². The van der Waals surface area contributed by atoms with Crippen LogP contribution >= 0.6 is 0 Å². The zero-order chi connectivity index (χ0) is 29.8. The van der Waals surface area contributed by atoms with Crippen LogP contribution in [0.1, 0.15) is 48.4 Å². The van der Waals surface area contributed by atoms with Crippen molar-refractivity contribution in [3.63, 3.8) is 0 Å². The van der Waals surface area contributed by atoms with Gasteiger partial charge < -0.3 is 24.6 Å². The summed E-state index contributed by atoms with van der Waals surface area (Å²) in [5.74, 6) is 0.667. The average Bonchev–Trinajstić information content (AvgIpc) is 3.62. The normalized spacial score (nSPS) is 20.4. The number of imide groups is 1. The minimum absolute atomic E-state index is 0.0394. The summed E-state index contributed by atoms with van der Waals surface area (Å²) in [5.41, 5.74) is -7.05. The third kappa shape index (κ3) is 4.71. The van der Waals surface area contributed by atoms with Crippen molar-refractivity contribution in [3.8, 4) is 17.2 Å². The monoisotopic (exact) mass is 588 g/mol. The van der Waals surface area contributed by atoms with Gasteiger partial charge in [0, 0.05) is 12.1 Å². The van der Waals surface area contributed by atoms with Crippen molar-refractivity contribution >= 4 is 11.9 Å². The largest absolute Gasteiger partial charge is 0.493 e. The molecular weight excluding hydrogens is 562 g/mol. The van der Waals surface area contributed by atoms with Gasteiger partial charge in [0.05, 0.1) is 6.61 Å². The van der Waals surface area contributed by atoms with Crippen molar-refractivity contribution < 1.29 is 55.2 Å². The summed E-state index contributed by atoms with van der Waals surface area (Å²) in [6.07, 6.45) is -10.8. The first-order valence-electron chi connectivity index (χ1n) is 12.9. The van der Waals surface area contributed by atoms with E-state index in [0.29, 0.717) is 42.4 Å². The van der Waals surface area contributed by atoms with Crippen molar-refractivity contribution in [1.29, 1.82) is 0 Å². The number of carbonyl (C=O) groups excluding carboxylic acids is 2. The van der Waals surface area contributed by atoms with E-state index in [2.05, 4.69) is 5.32 Å². The number of rotatable bonds is 8. The number of urea groups is 1. The predicted octanol–water partition coefficient (Wildman–Crippen LogP) is 4.84. The second-order valence-corrected chi connectivity index (χ2v) is 10.3. The number of alkyl halides is 6. The Morgan fingerprint density at radius 3 is 2.37 bits per heavy atom. The van der Waals surface area contributed by atoms with E-state index in [1.807, 2.05) is 0 Å². The first-order valence-corrected chi connectivity index (χ1v) is 12.9. The summed E-state index contributed by atoms with van der Waals surface area (Å²) in [6.45, 7) is 1.74. The van der Waals surface area contributed by atoms with E-state index in [1.54, 1.807) is 25.1 Å². The first-order chi connectivity index (χ1) is 19.2. The maximum atomic E-state index is 13.5. The SMILES string of the molecule is CC1(c2ccc3c(c2)OCO3)NC(=O)N(CCCCOc2ccc(C(O)(C(F)(F)F)C(F)(F)F)c3c2CCC3)C1=O. The molecular formula is C27H26F6N2O6. The Morgan fingerprint density at radius 2 is 1.66 bits per heavy atom. The van der Waals surface area contributed by atoms with Gasteiger partial charge in [-0.05, 0) is 73.9 Å². The highest BCUT2D eigenvalue weighted by Gasteiger charge is 2.72. The number of aliphatic hydroxyl groups is 1. The van der Waals surface area contributed by atoms with Crippen molar-refractivity contribution in [3.05, 3.63) is 52.6 Å². The molecule has 2 aliphatic heterocycles. The van der Waals surface area contributed by atoms with Gasteiger partial charge in [-0.1, -0.05) is 12.1 Å². The molecule has 5 rings (SSSR count). The summed E-state index contributed by atoms with van der Waals surface area (Å²) in [5, 5.41) is 12.6. The van der Waals surface area contributed by atoms with E-state index in [-0.39, 0.29) is 49.7 Å². The molecule has 1 saturated heterocycles. The van der Waals surface area contributed by atoms with Crippen LogP contribution in [0.25, 0.3) is 0 Å². The van der Waals surface area contributed by atoms with Crippen molar-refractivity contribution in [2.75, 3.05) is 19.9 Å². The molecule has 2 aromatic rings. The predicted molar refractivity (Wildman–Crippen MR) is 129 cm³/mol. The Balaban J connectivity index is 1.21. The molecule has 222 valence electrons. The zero-order valence-corrected chi connectivity index (χ0v) is 21.7. The highest BCUT2D eigenvalue weighted by Crippen LogP contribution is 2.53. The third-order valence-electron chi connectivity index (χ3n) is 7.71. The molecule has 1 atom stereocenters. The summed E-state index contributed by atoms with van der Waals surface area (Å²) in [7, 11) is 0. The number of nitrogens with one attached hydrogen (secondary N) is 1. The lowest BCUT2D eigenvalue weighted by Gasteiger charge is -2.34. The molecule has 2 aromatic carbocycles. The van der Waals surface area contributed by atoms with Gasteiger partial charge in [0.25, 0.3) is 11.5 Å². The molecule has 0 bridgehead atoms. The number of ether oxygens (including phenoxy) is 3. The maximum absolute atomic E-state index is 13.5. The molecule has 41 heavy (non-hydrogen) atoms. The molecule has 3 aliphatic rings. The van der Waals surface area contributed by atoms with E-state index in [1.165, 1.54) is 0 Å². The third-order valence-corrected chi connectivity index (χ3v) is 7.71. The molecule has 8 nitrogen and oxygen atoms in total. The lowest BCUT2D eigenvalue weighted by atomic mass is 9.86. The minimum atomic E-state index is -5.97. The number of unbranched alkanes of at least 4 members (excludes halogenated alkanes) is 1. The first kappa shape index (κ1) is 28.8. The van der Waals surface area contributed by atoms with Gasteiger partial charge in [-0.25, -0.2) is 4.79 Å². The quantitative estimate of drug-likeness (QED) is 0.260. The van der Waals surface area contributed by atoms with Gasteiger partial charge in [-0.3, -0.25) is 9.69 Å². The van der Waals surface area contributed by atoms with E-state index in [9.17, 15) is 41.0 Å². The fourth-order valence-electron chi connectivity index (χ4n) is 5.47. The van der Waals surface area contributed by atoms with Gasteiger partial charge in [-0.2, -0.15) is 26.3 Å². The van der Waals surface area contributed by atoms with Gasteiger partial charge in [-0.15, -0.1) is 0 Å². The van der Waals surface area contributed by atoms with Crippen LogP contribution in [0.5, 0.6) is 17.2 Å². The number of benzene rings is 2. The highest BCUT2D eigenvalue weighted by molar-refractivity contribution is 6.07. The van der Waals surface area contributed by atoms with Gasteiger partial charge in [0.1, 0.15) is 11.3 Å². The maximum Gasteiger partial charge on any atom is 0.430 e. The summed E-state index contributed by atoms with van der Waals surface area (Å²) >= 11 is 0. The molecule has 0 spiro atoms. The van der Waals surface area contributed by atoms with Gasteiger partial charge in [0.2, 0.25) is 6.79 Å². The van der Waals surface area contributed by atoms with Gasteiger partial charge >= 0.3 is 18.4 Å². The number of nitrogens with zero attached hydrogens (tertiary/aromatic N) is 1. The number of fused-ring (bicyclic) bond motifs is 2. The Kier molecular flexibility index (Phi) is 7.03. The van der Waals surface area contributed by atoms with E-state index in [4.69, 9.17) is 14.2 Å². The lowest BCUT2D eigenvalue weighted by Crippen LogP contribution is -2.54. The molecule has 14 heteroatoms. The summed E-state index contributed by atoms with van der Waals surface area (Å²) < 4.78 is 97.0. The summed E-state index contributed by atoms with van der Waals surface area (Å²) in [6, 6.07) is 5.99. The molecule has 1 fully saturated rings. The number of halogens is 6. The summed E-state index contributed by atoms with van der Waals surface area (Å²) in [4.78, 5) is 26.8. The highest BCUT2D eigenvalue weighted by atomic mass is 19.4. The smallest absolute Gasteiger partial charge is 0.430 e. The average molecular weight is 589 g/mol. The Hall–Kier alpha value is -3.68. The van der Waals surface area contributed by atoms with Crippen molar-refractivity contribution in [2.24, 2.45) is 0 Å². The molecule has 0 saturated carbocycles. The van der Waals surface area contributed by atoms with Gasteiger partial charge in [0.15, 0.2) is 11.5 Å². The van der Waals surface area contributed by atoms with Crippen LogP contribution in [0, 0.1) is 0 Å². The Labute approximate surface area is 230 Å². The standard InChI is InChI=1S/C27H26F6N2O6/c1-24(15-7-9-20-21(13-15)41-14-40-20)22(36)35(23(37)34-24)11-2-3-12-39-19-10-8-18(16-5-4-6-17(16)19)25(38,26(28,29)30)27(31,32)33/h7-10,13,38H,2-6,11-12,14H2,1H3,(H,34,37). The molecule has 0 radical (unpaired) electrons. The van der Waals surface area contributed by atoms with E-state index < -0.39 is 41.0 Å². The fourth-order valence-corrected chi connectivity index (χ4v) is 5.47. The van der Waals surface area contributed by atoms with Crippen LogP contribution < -0.4 is 19.5 Å². The molecule has 1 aliphatic carbocycles. The molecule has 1 unspecified atom stereocenters. The van der Waals surface area contributed by atoms with Crippen molar-refractivity contribution in [2.45, 2.75) is 62.5 Å². The van der Waals surface area contributed by atoms with E-state index in [0.717, 1.165) is 11.0 Å². The second-order valence-electron chi connectivity index (χ2n) is 10.3. The van der Waals surface area contributed by atoms with Crippen LogP contribution in [-0.4, -0.2) is 54.2 Å². The second kappa shape index (κ2) is 10.00. The fraction of sp³-hybridized carbons (Fsp3) is 0.481. The van der Waals surface area contributed by atoms with Crippen LogP contribution in [0.2, 0.25) is 0 Å². The topological polar surface area (TPSA) is 97.3 Å². The lowest BCUT2D eigenvalue weighted by molar-refractivity contribution is -0.376. The van der Waals surface area contributed by atoms with E-state index >= 15 is 0 Å². The van der Waals surface area contributed by atoms with Crippen LogP contribution in [0.3, 0.4) is 0 Å².